The molecule has 1 fully saturated rings. The fourth-order valence-electron chi connectivity index (χ4n) is 2.53. The van der Waals surface area contributed by atoms with Crippen molar-refractivity contribution in [3.8, 4) is 0 Å². The van der Waals surface area contributed by atoms with Gasteiger partial charge < -0.3 is 16.2 Å². The molecule has 0 aliphatic carbocycles. The first kappa shape index (κ1) is 12.9. The molecule has 1 rings (SSSR count). The average molecular weight is 214 g/mol. The third-order valence-electron chi connectivity index (χ3n) is 4.54. The number of hydrogen-bond donors (Lipinski definition) is 3. The van der Waals surface area contributed by atoms with Gasteiger partial charge in [0.05, 0.1) is 5.60 Å². The SMILES string of the molecule is CCC(C)(CN)C(C)(O)C1CCCNC1. The molecule has 0 spiro atoms. The molecule has 0 aromatic rings. The Morgan fingerprint density at radius 2 is 2.13 bits per heavy atom. The van der Waals surface area contributed by atoms with Crippen molar-refractivity contribution in [1.29, 1.82) is 0 Å². The first-order valence-electron chi connectivity index (χ1n) is 6.11. The van der Waals surface area contributed by atoms with Crippen molar-refractivity contribution in [1.82, 2.24) is 5.32 Å². The Morgan fingerprint density at radius 3 is 2.53 bits per heavy atom. The van der Waals surface area contributed by atoms with Crippen molar-refractivity contribution in [3.05, 3.63) is 0 Å². The Bertz CT molecular complexity index is 194. The van der Waals surface area contributed by atoms with Crippen LogP contribution in [-0.2, 0) is 0 Å². The maximum atomic E-state index is 10.7. The summed E-state index contributed by atoms with van der Waals surface area (Å²) in [7, 11) is 0. The number of rotatable bonds is 4. The van der Waals surface area contributed by atoms with Crippen LogP contribution in [0.3, 0.4) is 0 Å². The molecule has 0 bridgehead atoms. The normalized spacial score (nSPS) is 30.6. The standard InChI is InChI=1S/C12H26N2O/c1-4-11(2,9-13)12(3,15)10-6-5-7-14-8-10/h10,14-15H,4-9,13H2,1-3H3. The smallest absolute Gasteiger partial charge is 0.0725 e. The molecule has 0 aromatic carbocycles. The van der Waals surface area contributed by atoms with E-state index in [0.717, 1.165) is 32.4 Å². The van der Waals surface area contributed by atoms with Gasteiger partial charge in [-0.25, -0.2) is 0 Å². The molecule has 0 aromatic heterocycles. The molecule has 1 saturated heterocycles. The van der Waals surface area contributed by atoms with Gasteiger partial charge in [0.25, 0.3) is 0 Å². The summed E-state index contributed by atoms with van der Waals surface area (Å²) in [4.78, 5) is 0. The topological polar surface area (TPSA) is 58.3 Å². The van der Waals surface area contributed by atoms with Gasteiger partial charge in [-0.2, -0.15) is 0 Å². The second-order valence-electron chi connectivity index (χ2n) is 5.31. The highest BCUT2D eigenvalue weighted by Crippen LogP contribution is 2.41. The molecule has 3 atom stereocenters. The number of hydrogen-bond acceptors (Lipinski definition) is 3. The molecule has 0 saturated carbocycles. The highest BCUT2D eigenvalue weighted by Gasteiger charge is 2.46. The van der Waals surface area contributed by atoms with Crippen molar-refractivity contribution in [2.75, 3.05) is 19.6 Å². The van der Waals surface area contributed by atoms with Crippen molar-refractivity contribution in [2.45, 2.75) is 45.6 Å². The summed E-state index contributed by atoms with van der Waals surface area (Å²) in [6, 6.07) is 0. The van der Waals surface area contributed by atoms with Crippen molar-refractivity contribution >= 4 is 0 Å². The van der Waals surface area contributed by atoms with Gasteiger partial charge in [0, 0.05) is 24.4 Å². The van der Waals surface area contributed by atoms with Crippen LogP contribution in [0.1, 0.15) is 40.0 Å². The summed E-state index contributed by atoms with van der Waals surface area (Å²) in [5.74, 6) is 0.333. The maximum Gasteiger partial charge on any atom is 0.0725 e. The minimum atomic E-state index is -0.663. The van der Waals surface area contributed by atoms with Crippen LogP contribution in [0.5, 0.6) is 0 Å². The number of piperidine rings is 1. The number of nitrogens with one attached hydrogen (secondary N) is 1. The lowest BCUT2D eigenvalue weighted by Crippen LogP contribution is -2.56. The zero-order valence-corrected chi connectivity index (χ0v) is 10.3. The quantitative estimate of drug-likeness (QED) is 0.657. The van der Waals surface area contributed by atoms with Gasteiger partial charge in [-0.15, -0.1) is 0 Å². The van der Waals surface area contributed by atoms with E-state index in [9.17, 15) is 5.11 Å². The van der Waals surface area contributed by atoms with Crippen LogP contribution in [0.25, 0.3) is 0 Å². The van der Waals surface area contributed by atoms with Crippen LogP contribution >= 0.6 is 0 Å². The Morgan fingerprint density at radius 1 is 1.47 bits per heavy atom. The monoisotopic (exact) mass is 214 g/mol. The Hall–Kier alpha value is -0.120. The molecule has 3 heteroatoms. The lowest BCUT2D eigenvalue weighted by atomic mass is 9.64. The second kappa shape index (κ2) is 4.81. The van der Waals surface area contributed by atoms with Crippen LogP contribution < -0.4 is 11.1 Å². The molecule has 15 heavy (non-hydrogen) atoms. The third-order valence-corrected chi connectivity index (χ3v) is 4.54. The van der Waals surface area contributed by atoms with E-state index in [1.807, 2.05) is 6.92 Å². The summed E-state index contributed by atoms with van der Waals surface area (Å²) in [5, 5.41) is 14.1. The predicted molar refractivity (Wildman–Crippen MR) is 63.7 cm³/mol. The zero-order chi connectivity index (χ0) is 11.5. The van der Waals surface area contributed by atoms with Gasteiger partial charge in [0.15, 0.2) is 0 Å². The largest absolute Gasteiger partial charge is 0.389 e. The molecule has 90 valence electrons. The summed E-state index contributed by atoms with van der Waals surface area (Å²) >= 11 is 0. The Balaban J connectivity index is 2.78. The first-order valence-corrected chi connectivity index (χ1v) is 6.11. The fourth-order valence-corrected chi connectivity index (χ4v) is 2.53. The molecule has 1 aliphatic heterocycles. The average Bonchev–Trinajstić information content (AvgIpc) is 2.29. The fraction of sp³-hybridized carbons (Fsp3) is 1.00. The van der Waals surface area contributed by atoms with E-state index >= 15 is 0 Å². The summed E-state index contributed by atoms with van der Waals surface area (Å²) in [6.45, 7) is 8.72. The van der Waals surface area contributed by atoms with Crippen LogP contribution in [0.4, 0.5) is 0 Å². The maximum absolute atomic E-state index is 10.7. The minimum Gasteiger partial charge on any atom is -0.389 e. The molecular weight excluding hydrogens is 188 g/mol. The Labute approximate surface area is 93.4 Å². The highest BCUT2D eigenvalue weighted by atomic mass is 16.3. The molecule has 3 nitrogen and oxygen atoms in total. The zero-order valence-electron chi connectivity index (χ0n) is 10.3. The van der Waals surface area contributed by atoms with E-state index in [1.165, 1.54) is 0 Å². The summed E-state index contributed by atoms with van der Waals surface area (Å²) in [6.07, 6.45) is 3.19. The first-order chi connectivity index (χ1) is 6.98. The van der Waals surface area contributed by atoms with Crippen molar-refractivity contribution < 1.29 is 5.11 Å². The molecule has 4 N–H and O–H groups in total. The highest BCUT2D eigenvalue weighted by molar-refractivity contribution is 4.99. The van der Waals surface area contributed by atoms with Crippen LogP contribution in [-0.4, -0.2) is 30.3 Å². The molecule has 0 radical (unpaired) electrons. The summed E-state index contributed by atoms with van der Waals surface area (Å²) in [5.41, 5.74) is 5.00. The van der Waals surface area contributed by atoms with E-state index in [4.69, 9.17) is 5.73 Å². The van der Waals surface area contributed by atoms with Crippen molar-refractivity contribution in [3.63, 3.8) is 0 Å². The van der Waals surface area contributed by atoms with Crippen LogP contribution in [0.15, 0.2) is 0 Å². The number of aliphatic hydroxyl groups is 1. The van der Waals surface area contributed by atoms with Crippen LogP contribution in [0, 0.1) is 11.3 Å². The lowest BCUT2D eigenvalue weighted by Gasteiger charge is -2.48. The second-order valence-corrected chi connectivity index (χ2v) is 5.31. The van der Waals surface area contributed by atoms with Gasteiger partial charge in [-0.05, 0) is 32.7 Å². The van der Waals surface area contributed by atoms with E-state index < -0.39 is 5.60 Å². The van der Waals surface area contributed by atoms with Gasteiger partial charge >= 0.3 is 0 Å². The van der Waals surface area contributed by atoms with E-state index in [1.54, 1.807) is 0 Å². The van der Waals surface area contributed by atoms with Crippen LogP contribution in [0.2, 0.25) is 0 Å². The van der Waals surface area contributed by atoms with E-state index in [2.05, 4.69) is 19.2 Å². The number of nitrogens with two attached hydrogens (primary N) is 1. The van der Waals surface area contributed by atoms with E-state index in [-0.39, 0.29) is 5.41 Å². The van der Waals surface area contributed by atoms with Gasteiger partial charge in [0.2, 0.25) is 0 Å². The van der Waals surface area contributed by atoms with Gasteiger partial charge in [0.1, 0.15) is 0 Å². The van der Waals surface area contributed by atoms with Crippen molar-refractivity contribution in [2.24, 2.45) is 17.1 Å². The van der Waals surface area contributed by atoms with E-state index in [0.29, 0.717) is 12.5 Å². The Kier molecular flexibility index (Phi) is 4.15. The molecular formula is C12H26N2O. The lowest BCUT2D eigenvalue weighted by molar-refractivity contribution is -0.108. The molecule has 3 unspecified atom stereocenters. The third kappa shape index (κ3) is 2.35. The van der Waals surface area contributed by atoms with Gasteiger partial charge in [-0.3, -0.25) is 0 Å². The predicted octanol–water partition coefficient (Wildman–Crippen LogP) is 1.11. The minimum absolute atomic E-state index is 0.170. The summed E-state index contributed by atoms with van der Waals surface area (Å²) < 4.78 is 0. The molecule has 0 amide bonds. The molecule has 1 heterocycles. The molecule has 1 aliphatic rings. The van der Waals surface area contributed by atoms with Gasteiger partial charge in [-0.1, -0.05) is 13.8 Å².